The van der Waals surface area contributed by atoms with Gasteiger partial charge in [-0.2, -0.15) is 0 Å². The van der Waals surface area contributed by atoms with E-state index in [9.17, 15) is 14.4 Å². The molecule has 1 heterocycles. The number of carbonyl (C=O) groups excluding carboxylic acids is 3. The van der Waals surface area contributed by atoms with Crippen molar-refractivity contribution in [3.05, 3.63) is 42.0 Å². The van der Waals surface area contributed by atoms with Crippen LogP contribution in [0.3, 0.4) is 0 Å². The lowest BCUT2D eigenvalue weighted by Crippen LogP contribution is -2.57. The third kappa shape index (κ3) is 9.57. The molecule has 7 nitrogen and oxygen atoms in total. The summed E-state index contributed by atoms with van der Waals surface area (Å²) in [5.74, 6) is -0.548. The van der Waals surface area contributed by atoms with Gasteiger partial charge in [-0.25, -0.2) is 0 Å². The van der Waals surface area contributed by atoms with Gasteiger partial charge in [-0.15, -0.1) is 0 Å². The van der Waals surface area contributed by atoms with Crippen LogP contribution in [0.1, 0.15) is 82.0 Å². The van der Waals surface area contributed by atoms with E-state index in [2.05, 4.69) is 18.8 Å². The van der Waals surface area contributed by atoms with E-state index in [-0.39, 0.29) is 18.2 Å². The number of piperazine rings is 1. The summed E-state index contributed by atoms with van der Waals surface area (Å²) in [6.45, 7) is 9.26. The lowest BCUT2D eigenvalue weighted by Gasteiger charge is -2.34. The van der Waals surface area contributed by atoms with Crippen molar-refractivity contribution in [3.8, 4) is 5.75 Å². The fraction of sp³-hybridized carbons (Fsp3) is 0.593. The Morgan fingerprint density at radius 2 is 1.82 bits per heavy atom. The Labute approximate surface area is 203 Å². The molecule has 1 aromatic rings. The van der Waals surface area contributed by atoms with Crippen LogP contribution in [0.25, 0.3) is 0 Å². The highest BCUT2D eigenvalue weighted by molar-refractivity contribution is 5.99. The van der Waals surface area contributed by atoms with E-state index in [1.54, 1.807) is 24.3 Å². The number of hydrogen-bond acceptors (Lipinski definition) is 5. The van der Waals surface area contributed by atoms with Gasteiger partial charge >= 0.3 is 5.97 Å². The summed E-state index contributed by atoms with van der Waals surface area (Å²) in [6.07, 6.45) is 9.13. The van der Waals surface area contributed by atoms with Crippen molar-refractivity contribution in [3.63, 3.8) is 0 Å². The Balaban J connectivity index is 1.84. The van der Waals surface area contributed by atoms with E-state index >= 15 is 0 Å². The quantitative estimate of drug-likeness (QED) is 0.228. The normalized spacial score (nSPS) is 15.5. The highest BCUT2D eigenvalue weighted by Crippen LogP contribution is 2.19. The highest BCUT2D eigenvalue weighted by atomic mass is 16.5. The maximum Gasteiger partial charge on any atom is 0.308 e. The third-order valence-corrected chi connectivity index (χ3v) is 5.78. The molecule has 0 bridgehead atoms. The molecule has 0 radical (unpaired) electrons. The molecule has 1 N–H and O–H groups in total. The second-order valence-electron chi connectivity index (χ2n) is 8.98. The average Bonchev–Trinajstić information content (AvgIpc) is 2.82. The summed E-state index contributed by atoms with van der Waals surface area (Å²) < 4.78 is 11.0. The van der Waals surface area contributed by atoms with Crippen molar-refractivity contribution < 1.29 is 23.9 Å². The molecule has 1 aromatic carbocycles. The Morgan fingerprint density at radius 3 is 2.53 bits per heavy atom. The summed E-state index contributed by atoms with van der Waals surface area (Å²) in [6, 6.07) is 5.95. The largest absolute Gasteiger partial charge is 0.489 e. The summed E-state index contributed by atoms with van der Waals surface area (Å²) in [5.41, 5.74) is 1.28. The predicted molar refractivity (Wildman–Crippen MR) is 133 cm³/mol. The number of nitrogens with one attached hydrogen (secondary N) is 1. The van der Waals surface area contributed by atoms with E-state index in [0.29, 0.717) is 37.6 Å². The molecule has 0 saturated carbocycles. The molecule has 0 spiro atoms. The molecule has 2 amide bonds. The summed E-state index contributed by atoms with van der Waals surface area (Å²) >= 11 is 0. The van der Waals surface area contributed by atoms with Crippen LogP contribution in [0.2, 0.25) is 0 Å². The maximum atomic E-state index is 13.2. The zero-order valence-electron chi connectivity index (χ0n) is 20.8. The van der Waals surface area contributed by atoms with Crippen LogP contribution in [-0.2, 0) is 14.3 Å². The van der Waals surface area contributed by atoms with Crippen LogP contribution >= 0.6 is 0 Å². The summed E-state index contributed by atoms with van der Waals surface area (Å²) in [4.78, 5) is 39.5. The van der Waals surface area contributed by atoms with Gasteiger partial charge in [-0.1, -0.05) is 64.5 Å². The van der Waals surface area contributed by atoms with Gasteiger partial charge in [-0.3, -0.25) is 14.4 Å². The van der Waals surface area contributed by atoms with Gasteiger partial charge in [0.1, 0.15) is 18.4 Å². The number of carbonyl (C=O) groups is 3. The first-order valence-electron chi connectivity index (χ1n) is 12.5. The molecule has 0 aromatic heterocycles. The van der Waals surface area contributed by atoms with Crippen molar-refractivity contribution in [2.24, 2.45) is 0 Å². The predicted octanol–water partition coefficient (Wildman–Crippen LogP) is 4.66. The minimum Gasteiger partial charge on any atom is -0.489 e. The average molecular weight is 473 g/mol. The smallest absolute Gasteiger partial charge is 0.308 e. The molecule has 1 aliphatic rings. The number of hydrogen-bond donors (Lipinski definition) is 1. The van der Waals surface area contributed by atoms with Crippen LogP contribution < -0.4 is 10.1 Å². The minimum atomic E-state index is -0.882. The molecule has 1 unspecified atom stereocenters. The molecular formula is C27H40N2O5. The van der Waals surface area contributed by atoms with Gasteiger partial charge in [0, 0.05) is 18.7 Å². The van der Waals surface area contributed by atoms with Crippen molar-refractivity contribution >= 4 is 17.8 Å². The molecule has 1 fully saturated rings. The first-order valence-corrected chi connectivity index (χ1v) is 12.5. The minimum absolute atomic E-state index is 0.152. The zero-order valence-corrected chi connectivity index (χ0v) is 20.8. The highest BCUT2D eigenvalue weighted by Gasteiger charge is 2.35. The topological polar surface area (TPSA) is 84.9 Å². The number of amides is 2. The number of rotatable bonds is 15. The number of nitrogens with zero attached hydrogens (tertiary/aromatic N) is 1. The van der Waals surface area contributed by atoms with E-state index in [1.165, 1.54) is 37.0 Å². The molecule has 1 atom stereocenters. The monoisotopic (exact) mass is 472 g/mol. The lowest BCUT2D eigenvalue weighted by molar-refractivity contribution is -0.147. The second-order valence-corrected chi connectivity index (χ2v) is 8.98. The van der Waals surface area contributed by atoms with Gasteiger partial charge < -0.3 is 19.7 Å². The third-order valence-electron chi connectivity index (χ3n) is 5.78. The molecule has 7 heteroatoms. The SMILES string of the molecule is C=C(C)COc1cccc(C(=O)N2CCNC(=O)C2CC(=O)OCCCCCCCCCC)c1. The van der Waals surface area contributed by atoms with Crippen molar-refractivity contribution in [2.75, 3.05) is 26.3 Å². The Hall–Kier alpha value is -2.83. The maximum absolute atomic E-state index is 13.2. The fourth-order valence-electron chi connectivity index (χ4n) is 3.89. The van der Waals surface area contributed by atoms with Crippen molar-refractivity contribution in [1.29, 1.82) is 0 Å². The molecular weight excluding hydrogens is 432 g/mol. The molecule has 1 aliphatic heterocycles. The Morgan fingerprint density at radius 1 is 1.12 bits per heavy atom. The van der Waals surface area contributed by atoms with Gasteiger partial charge in [0.2, 0.25) is 5.91 Å². The summed E-state index contributed by atoms with van der Waals surface area (Å²) in [5, 5.41) is 2.75. The number of ether oxygens (including phenoxy) is 2. The van der Waals surface area contributed by atoms with Crippen LogP contribution in [0, 0.1) is 0 Å². The number of esters is 1. The zero-order chi connectivity index (χ0) is 24.8. The van der Waals surface area contributed by atoms with Crippen molar-refractivity contribution in [1.82, 2.24) is 10.2 Å². The standard InChI is InChI=1S/C27H40N2O5/c1-4-5-6-7-8-9-10-11-17-33-25(30)19-24-26(31)28-15-16-29(24)27(32)22-13-12-14-23(18-22)34-20-21(2)3/h12-14,18,24H,2,4-11,15-17,19-20H2,1,3H3,(H,28,31). The molecule has 2 rings (SSSR count). The Kier molecular flexibility index (Phi) is 12.2. The van der Waals surface area contributed by atoms with Crippen molar-refractivity contribution in [2.45, 2.75) is 77.7 Å². The van der Waals surface area contributed by atoms with Crippen LogP contribution in [0.4, 0.5) is 0 Å². The molecule has 188 valence electrons. The van der Waals surface area contributed by atoms with Crippen LogP contribution in [-0.4, -0.2) is 55.0 Å². The molecule has 1 saturated heterocycles. The fourth-order valence-corrected chi connectivity index (χ4v) is 3.89. The van der Waals surface area contributed by atoms with Gasteiger partial charge in [-0.05, 0) is 37.1 Å². The first kappa shape index (κ1) is 27.4. The van der Waals surface area contributed by atoms with E-state index in [0.717, 1.165) is 24.8 Å². The molecule has 0 aliphatic carbocycles. The summed E-state index contributed by atoms with van der Waals surface area (Å²) in [7, 11) is 0. The first-order chi connectivity index (χ1) is 16.4. The van der Waals surface area contributed by atoms with Gasteiger partial charge in [0.15, 0.2) is 0 Å². The van der Waals surface area contributed by atoms with E-state index in [1.807, 2.05) is 6.92 Å². The second kappa shape index (κ2) is 15.1. The van der Waals surface area contributed by atoms with Gasteiger partial charge in [0.05, 0.1) is 13.0 Å². The van der Waals surface area contributed by atoms with E-state index < -0.39 is 12.0 Å². The van der Waals surface area contributed by atoms with E-state index in [4.69, 9.17) is 9.47 Å². The lowest BCUT2D eigenvalue weighted by atomic mass is 10.1. The number of unbranched alkanes of at least 4 members (excludes halogenated alkanes) is 7. The van der Waals surface area contributed by atoms with Crippen LogP contribution in [0.15, 0.2) is 36.4 Å². The van der Waals surface area contributed by atoms with Crippen LogP contribution in [0.5, 0.6) is 5.75 Å². The Bertz CT molecular complexity index is 823. The molecule has 34 heavy (non-hydrogen) atoms. The number of benzene rings is 1. The van der Waals surface area contributed by atoms with Gasteiger partial charge in [0.25, 0.3) is 5.91 Å².